The van der Waals surface area contributed by atoms with Gasteiger partial charge in [0, 0.05) is 12.1 Å². The molecular weight excluding hydrogens is 278 g/mol. The van der Waals surface area contributed by atoms with Gasteiger partial charge in [-0.1, -0.05) is 24.6 Å². The minimum atomic E-state index is -0.156. The lowest BCUT2D eigenvalue weighted by atomic mass is 10.1. The van der Waals surface area contributed by atoms with E-state index >= 15 is 0 Å². The van der Waals surface area contributed by atoms with E-state index in [-0.39, 0.29) is 17.8 Å². The summed E-state index contributed by atoms with van der Waals surface area (Å²) < 4.78 is 5.79. The summed E-state index contributed by atoms with van der Waals surface area (Å²) in [5.74, 6) is 0.395. The third-order valence-electron chi connectivity index (χ3n) is 4.41. The lowest BCUT2D eigenvalue weighted by molar-refractivity contribution is -0.135. The van der Waals surface area contributed by atoms with E-state index in [9.17, 15) is 9.90 Å². The van der Waals surface area contributed by atoms with Crippen LogP contribution in [0.5, 0.6) is 5.75 Å². The molecule has 0 radical (unpaired) electrons. The first-order valence-electron chi connectivity index (χ1n) is 8.13. The van der Waals surface area contributed by atoms with E-state index in [0.717, 1.165) is 30.4 Å². The highest BCUT2D eigenvalue weighted by Gasteiger charge is 2.27. The average Bonchev–Trinajstić information content (AvgIpc) is 2.83. The van der Waals surface area contributed by atoms with Gasteiger partial charge in [-0.2, -0.15) is 0 Å². The Kier molecular flexibility index (Phi) is 4.78. The maximum atomic E-state index is 12.7. The van der Waals surface area contributed by atoms with E-state index < -0.39 is 0 Å². The smallest absolute Gasteiger partial charge is 0.249 e. The van der Waals surface area contributed by atoms with E-state index in [0.29, 0.717) is 19.7 Å². The summed E-state index contributed by atoms with van der Waals surface area (Å²) in [5, 5.41) is 9.61. The predicted octanol–water partition coefficient (Wildman–Crippen LogP) is 3.18. The van der Waals surface area contributed by atoms with Gasteiger partial charge < -0.3 is 14.7 Å². The molecule has 1 N–H and O–H groups in total. The Hall–Kier alpha value is -1.81. The Labute approximate surface area is 131 Å². The standard InChI is InChI=1S/C18H23NO3/c20-16-9-5-8-15(12-16)17-13-19(10-11-22-17)18(21)14-6-3-1-2-4-7-14/h5-6,8-9,12,17,20H,1-4,7,10-11,13H2/t17-/m0/s1. The molecule has 1 fully saturated rings. The number of amides is 1. The molecule has 0 bridgehead atoms. The Balaban J connectivity index is 1.70. The first-order chi connectivity index (χ1) is 10.7. The number of carbonyl (C=O) groups excluding carboxylic acids is 1. The van der Waals surface area contributed by atoms with E-state index in [2.05, 4.69) is 6.08 Å². The summed E-state index contributed by atoms with van der Waals surface area (Å²) in [7, 11) is 0. The molecule has 0 saturated carbocycles. The molecular formula is C18H23NO3. The number of rotatable bonds is 2. The molecule has 1 aromatic carbocycles. The molecule has 0 spiro atoms. The molecule has 1 atom stereocenters. The number of phenolic OH excluding ortho intramolecular Hbond substituents is 1. The van der Waals surface area contributed by atoms with Crippen molar-refractivity contribution in [2.75, 3.05) is 19.7 Å². The van der Waals surface area contributed by atoms with Crippen LogP contribution in [0.4, 0.5) is 0 Å². The van der Waals surface area contributed by atoms with Crippen molar-refractivity contribution in [1.82, 2.24) is 4.90 Å². The number of benzene rings is 1. The Morgan fingerprint density at radius 2 is 2.18 bits per heavy atom. The molecule has 1 amide bonds. The number of morpholine rings is 1. The minimum absolute atomic E-state index is 0.156. The molecule has 2 aliphatic rings. The fraction of sp³-hybridized carbons (Fsp3) is 0.500. The Morgan fingerprint density at radius 3 is 3.05 bits per heavy atom. The van der Waals surface area contributed by atoms with Crippen molar-refractivity contribution >= 4 is 5.91 Å². The molecule has 22 heavy (non-hydrogen) atoms. The van der Waals surface area contributed by atoms with E-state index in [1.807, 2.05) is 17.0 Å². The van der Waals surface area contributed by atoms with Crippen LogP contribution in [0.25, 0.3) is 0 Å². The molecule has 1 saturated heterocycles. The van der Waals surface area contributed by atoms with Crippen LogP contribution in [0.1, 0.15) is 43.8 Å². The van der Waals surface area contributed by atoms with Crippen molar-refractivity contribution in [2.24, 2.45) is 0 Å². The van der Waals surface area contributed by atoms with Crippen LogP contribution in [0.15, 0.2) is 35.9 Å². The highest BCUT2D eigenvalue weighted by molar-refractivity contribution is 5.93. The van der Waals surface area contributed by atoms with Gasteiger partial charge in [0.2, 0.25) is 5.91 Å². The second kappa shape index (κ2) is 6.97. The zero-order valence-electron chi connectivity index (χ0n) is 12.8. The van der Waals surface area contributed by atoms with Crippen LogP contribution in [0.2, 0.25) is 0 Å². The minimum Gasteiger partial charge on any atom is -0.508 e. The third kappa shape index (κ3) is 3.50. The van der Waals surface area contributed by atoms with Crippen molar-refractivity contribution < 1.29 is 14.6 Å². The quantitative estimate of drug-likeness (QED) is 0.912. The molecule has 1 aliphatic carbocycles. The van der Waals surface area contributed by atoms with Crippen LogP contribution in [0.3, 0.4) is 0 Å². The SMILES string of the molecule is O=C(C1=CCCCCC1)N1CCO[C@H](c2cccc(O)c2)C1. The normalized spacial score (nSPS) is 22.8. The van der Waals surface area contributed by atoms with Gasteiger partial charge in [0.05, 0.1) is 13.2 Å². The van der Waals surface area contributed by atoms with E-state index in [1.165, 1.54) is 12.8 Å². The summed E-state index contributed by atoms with van der Waals surface area (Å²) in [6.45, 7) is 1.74. The van der Waals surface area contributed by atoms with Crippen LogP contribution in [-0.4, -0.2) is 35.6 Å². The number of phenols is 1. The lowest BCUT2D eigenvalue weighted by Crippen LogP contribution is -2.42. The van der Waals surface area contributed by atoms with Crippen molar-refractivity contribution in [3.63, 3.8) is 0 Å². The summed E-state index contributed by atoms with van der Waals surface area (Å²) in [6.07, 6.45) is 7.38. The van der Waals surface area contributed by atoms with Gasteiger partial charge in [-0.3, -0.25) is 4.79 Å². The zero-order chi connectivity index (χ0) is 15.4. The Morgan fingerprint density at radius 1 is 1.27 bits per heavy atom. The molecule has 1 aromatic rings. The fourth-order valence-corrected chi connectivity index (χ4v) is 3.17. The zero-order valence-corrected chi connectivity index (χ0v) is 12.8. The first kappa shape index (κ1) is 15.1. The second-order valence-electron chi connectivity index (χ2n) is 6.03. The van der Waals surface area contributed by atoms with Crippen molar-refractivity contribution in [3.8, 4) is 5.75 Å². The molecule has 118 valence electrons. The fourth-order valence-electron chi connectivity index (χ4n) is 3.17. The topological polar surface area (TPSA) is 49.8 Å². The largest absolute Gasteiger partial charge is 0.508 e. The van der Waals surface area contributed by atoms with Gasteiger partial charge in [-0.25, -0.2) is 0 Å². The second-order valence-corrected chi connectivity index (χ2v) is 6.03. The van der Waals surface area contributed by atoms with Crippen molar-refractivity contribution in [3.05, 3.63) is 41.5 Å². The summed E-state index contributed by atoms with van der Waals surface area (Å²) in [5.41, 5.74) is 1.89. The summed E-state index contributed by atoms with van der Waals surface area (Å²) >= 11 is 0. The maximum absolute atomic E-state index is 12.7. The molecule has 4 nitrogen and oxygen atoms in total. The predicted molar refractivity (Wildman–Crippen MR) is 84.5 cm³/mol. The van der Waals surface area contributed by atoms with Crippen LogP contribution >= 0.6 is 0 Å². The summed E-state index contributed by atoms with van der Waals surface area (Å²) in [4.78, 5) is 14.6. The molecule has 4 heteroatoms. The van der Waals surface area contributed by atoms with Crippen LogP contribution in [0, 0.1) is 0 Å². The molecule has 3 rings (SSSR count). The van der Waals surface area contributed by atoms with Gasteiger partial charge in [0.1, 0.15) is 11.9 Å². The van der Waals surface area contributed by atoms with Gasteiger partial charge >= 0.3 is 0 Å². The van der Waals surface area contributed by atoms with Crippen molar-refractivity contribution in [2.45, 2.75) is 38.2 Å². The van der Waals surface area contributed by atoms with E-state index in [1.54, 1.807) is 12.1 Å². The van der Waals surface area contributed by atoms with Gasteiger partial charge in [-0.05, 0) is 43.4 Å². The van der Waals surface area contributed by atoms with Gasteiger partial charge in [0.25, 0.3) is 0 Å². The number of ether oxygens (including phenoxy) is 1. The summed E-state index contributed by atoms with van der Waals surface area (Å²) in [6, 6.07) is 7.10. The maximum Gasteiger partial charge on any atom is 0.249 e. The average molecular weight is 301 g/mol. The monoisotopic (exact) mass is 301 g/mol. The first-order valence-corrected chi connectivity index (χ1v) is 8.13. The van der Waals surface area contributed by atoms with Crippen molar-refractivity contribution in [1.29, 1.82) is 0 Å². The van der Waals surface area contributed by atoms with Crippen LogP contribution < -0.4 is 0 Å². The highest BCUT2D eigenvalue weighted by atomic mass is 16.5. The number of nitrogens with zero attached hydrogens (tertiary/aromatic N) is 1. The third-order valence-corrected chi connectivity index (χ3v) is 4.41. The van der Waals surface area contributed by atoms with Gasteiger partial charge in [0.15, 0.2) is 0 Å². The highest BCUT2D eigenvalue weighted by Crippen LogP contribution is 2.27. The Bertz CT molecular complexity index is 567. The number of aromatic hydroxyl groups is 1. The molecule has 1 heterocycles. The molecule has 0 aromatic heterocycles. The van der Waals surface area contributed by atoms with Crippen LogP contribution in [-0.2, 0) is 9.53 Å². The number of allylic oxidation sites excluding steroid dienone is 1. The lowest BCUT2D eigenvalue weighted by Gasteiger charge is -2.33. The molecule has 1 aliphatic heterocycles. The number of hydrogen-bond acceptors (Lipinski definition) is 3. The number of hydrogen-bond donors (Lipinski definition) is 1. The molecule has 0 unspecified atom stereocenters. The number of carbonyl (C=O) groups is 1. The van der Waals surface area contributed by atoms with Gasteiger partial charge in [-0.15, -0.1) is 0 Å². The van der Waals surface area contributed by atoms with E-state index in [4.69, 9.17) is 4.74 Å².